The molecule has 0 bridgehead atoms. The van der Waals surface area contributed by atoms with E-state index in [9.17, 15) is 4.79 Å². The highest BCUT2D eigenvalue weighted by Crippen LogP contribution is 2.25. The second kappa shape index (κ2) is 10.8. The number of carbonyl (C=O) groups excluding carboxylic acids is 1. The van der Waals surface area contributed by atoms with Crippen molar-refractivity contribution in [1.82, 2.24) is 20.1 Å². The molecule has 3 aromatic heterocycles. The number of ether oxygens (including phenoxy) is 1. The summed E-state index contributed by atoms with van der Waals surface area (Å²) in [6.07, 6.45) is 7.56. The number of nitrogen functional groups attached to an aromatic ring is 1. The summed E-state index contributed by atoms with van der Waals surface area (Å²) in [4.78, 5) is 17.0. The smallest absolute Gasteiger partial charge is 0.251 e. The SMILES string of the molecule is Cc1ccc(C(=O)NCc2ccsc2)cc1C#Cc1cc(-c2cnn(C3CCOCC3)c2)cnc1N. The maximum atomic E-state index is 12.6. The minimum absolute atomic E-state index is 0.131. The minimum atomic E-state index is -0.131. The monoisotopic (exact) mass is 497 g/mol. The van der Waals surface area contributed by atoms with Crippen LogP contribution in [0.15, 0.2) is 59.7 Å². The average molecular weight is 498 g/mol. The maximum Gasteiger partial charge on any atom is 0.251 e. The first-order valence-electron chi connectivity index (χ1n) is 11.9. The number of nitrogens with zero attached hydrogens (tertiary/aromatic N) is 3. The second-order valence-corrected chi connectivity index (χ2v) is 9.58. The first kappa shape index (κ1) is 23.8. The third kappa shape index (κ3) is 5.48. The zero-order valence-corrected chi connectivity index (χ0v) is 20.8. The van der Waals surface area contributed by atoms with Crippen LogP contribution in [-0.2, 0) is 11.3 Å². The highest BCUT2D eigenvalue weighted by molar-refractivity contribution is 7.07. The van der Waals surface area contributed by atoms with Crippen molar-refractivity contribution in [3.8, 4) is 23.0 Å². The Labute approximate surface area is 214 Å². The normalized spacial score (nSPS) is 13.7. The van der Waals surface area contributed by atoms with Crippen LogP contribution in [0.2, 0.25) is 0 Å². The fraction of sp³-hybridized carbons (Fsp3) is 0.250. The Bertz CT molecular complexity index is 1430. The lowest BCUT2D eigenvalue weighted by atomic mass is 10.0. The van der Waals surface area contributed by atoms with E-state index in [-0.39, 0.29) is 5.91 Å². The largest absolute Gasteiger partial charge is 0.383 e. The zero-order valence-electron chi connectivity index (χ0n) is 20.0. The summed E-state index contributed by atoms with van der Waals surface area (Å²) in [5, 5.41) is 11.5. The van der Waals surface area contributed by atoms with Gasteiger partial charge in [0.1, 0.15) is 5.82 Å². The van der Waals surface area contributed by atoms with Crippen LogP contribution < -0.4 is 11.1 Å². The Kier molecular flexibility index (Phi) is 7.12. The summed E-state index contributed by atoms with van der Waals surface area (Å²) in [5.41, 5.74) is 12.1. The van der Waals surface area contributed by atoms with Gasteiger partial charge in [0.05, 0.1) is 17.8 Å². The van der Waals surface area contributed by atoms with Crippen LogP contribution in [-0.4, -0.2) is 33.9 Å². The van der Waals surface area contributed by atoms with Crippen molar-refractivity contribution in [3.63, 3.8) is 0 Å². The van der Waals surface area contributed by atoms with Crippen molar-refractivity contribution in [2.24, 2.45) is 0 Å². The molecule has 1 fully saturated rings. The molecule has 0 radical (unpaired) electrons. The Morgan fingerprint density at radius 3 is 2.81 bits per heavy atom. The molecule has 0 saturated carbocycles. The zero-order chi connectivity index (χ0) is 24.9. The van der Waals surface area contributed by atoms with Crippen LogP contribution in [0.25, 0.3) is 11.1 Å². The molecule has 8 heteroatoms. The molecule has 36 heavy (non-hydrogen) atoms. The Hall–Kier alpha value is -3.93. The molecule has 1 aliphatic rings. The van der Waals surface area contributed by atoms with E-state index in [2.05, 4.69) is 27.2 Å². The summed E-state index contributed by atoms with van der Waals surface area (Å²) in [7, 11) is 0. The lowest BCUT2D eigenvalue weighted by Gasteiger charge is -2.22. The van der Waals surface area contributed by atoms with Crippen molar-refractivity contribution >= 4 is 23.1 Å². The predicted molar refractivity (Wildman–Crippen MR) is 142 cm³/mol. The van der Waals surface area contributed by atoms with Gasteiger partial charge in [-0.15, -0.1) is 0 Å². The van der Waals surface area contributed by atoms with Crippen LogP contribution in [0.3, 0.4) is 0 Å². The molecule has 1 aromatic carbocycles. The number of anilines is 1. The van der Waals surface area contributed by atoms with E-state index < -0.39 is 0 Å². The number of rotatable bonds is 5. The molecule has 1 amide bonds. The number of pyridine rings is 1. The minimum Gasteiger partial charge on any atom is -0.383 e. The van der Waals surface area contributed by atoms with Gasteiger partial charge < -0.3 is 15.8 Å². The van der Waals surface area contributed by atoms with Crippen molar-refractivity contribution < 1.29 is 9.53 Å². The topological polar surface area (TPSA) is 95.1 Å². The molecule has 0 atom stereocenters. The fourth-order valence-corrected chi connectivity index (χ4v) is 4.75. The maximum absolute atomic E-state index is 12.6. The van der Waals surface area contributed by atoms with E-state index in [1.165, 1.54) is 0 Å². The van der Waals surface area contributed by atoms with Gasteiger partial charge in [0.15, 0.2) is 0 Å². The van der Waals surface area contributed by atoms with Gasteiger partial charge in [0.25, 0.3) is 5.91 Å². The first-order valence-corrected chi connectivity index (χ1v) is 12.8. The molecular weight excluding hydrogens is 470 g/mol. The standard InChI is InChI=1S/C28H27N5O2S/c1-19-2-3-23(28(34)31-14-20-8-11-36-18-20)12-21(19)4-5-22-13-24(15-30-27(22)29)25-16-32-33(17-25)26-6-9-35-10-7-26/h2-3,8,11-13,15-18,26H,6-7,9-10,14H2,1H3,(H2,29,30)(H,31,34). The summed E-state index contributed by atoms with van der Waals surface area (Å²) in [5.74, 6) is 6.58. The molecule has 0 spiro atoms. The number of nitrogens with two attached hydrogens (primary N) is 1. The quantitative estimate of drug-likeness (QED) is 0.394. The van der Waals surface area contributed by atoms with Crippen LogP contribution in [0.4, 0.5) is 5.82 Å². The van der Waals surface area contributed by atoms with Crippen molar-refractivity contribution in [1.29, 1.82) is 0 Å². The van der Waals surface area contributed by atoms with E-state index in [1.807, 2.05) is 65.1 Å². The number of hydrogen-bond donors (Lipinski definition) is 2. The summed E-state index contributed by atoms with van der Waals surface area (Å²) in [6, 6.07) is 9.83. The molecule has 0 unspecified atom stereocenters. The van der Waals surface area contributed by atoms with E-state index in [0.717, 1.165) is 53.9 Å². The molecule has 5 rings (SSSR count). The molecule has 1 aliphatic heterocycles. The molecule has 1 saturated heterocycles. The molecule has 0 aliphatic carbocycles. The van der Waals surface area contributed by atoms with E-state index in [1.54, 1.807) is 17.5 Å². The third-order valence-corrected chi connectivity index (χ3v) is 7.02. The highest BCUT2D eigenvalue weighted by Gasteiger charge is 2.17. The lowest BCUT2D eigenvalue weighted by molar-refractivity contribution is 0.0662. The van der Waals surface area contributed by atoms with Gasteiger partial charge >= 0.3 is 0 Å². The number of thiophene rings is 1. The summed E-state index contributed by atoms with van der Waals surface area (Å²) < 4.78 is 7.47. The number of aryl methyl sites for hydroxylation is 1. The Morgan fingerprint density at radius 1 is 1.17 bits per heavy atom. The number of benzene rings is 1. The van der Waals surface area contributed by atoms with Crippen LogP contribution in [0, 0.1) is 18.8 Å². The van der Waals surface area contributed by atoms with Gasteiger partial charge in [-0.05, 0) is 65.9 Å². The van der Waals surface area contributed by atoms with E-state index >= 15 is 0 Å². The van der Waals surface area contributed by atoms with Gasteiger partial charge in [-0.25, -0.2) is 4.98 Å². The Morgan fingerprint density at radius 2 is 2.00 bits per heavy atom. The predicted octanol–water partition coefficient (Wildman–Crippen LogP) is 4.58. The molecule has 4 aromatic rings. The van der Waals surface area contributed by atoms with Crippen molar-refractivity contribution in [2.45, 2.75) is 32.4 Å². The van der Waals surface area contributed by atoms with Gasteiger partial charge in [0.2, 0.25) is 0 Å². The third-order valence-electron chi connectivity index (χ3n) is 6.28. The Balaban J connectivity index is 1.35. The first-order chi connectivity index (χ1) is 17.6. The van der Waals surface area contributed by atoms with Crippen molar-refractivity contribution in [3.05, 3.63) is 87.5 Å². The molecular formula is C28H27N5O2S. The number of aromatic nitrogens is 3. The molecule has 4 heterocycles. The van der Waals surface area contributed by atoms with Gasteiger partial charge in [0, 0.05) is 54.4 Å². The van der Waals surface area contributed by atoms with E-state index in [4.69, 9.17) is 10.5 Å². The van der Waals surface area contributed by atoms with Gasteiger partial charge in [-0.1, -0.05) is 17.9 Å². The average Bonchev–Trinajstić information content (AvgIpc) is 3.61. The summed E-state index contributed by atoms with van der Waals surface area (Å²) >= 11 is 1.61. The highest BCUT2D eigenvalue weighted by atomic mass is 32.1. The summed E-state index contributed by atoms with van der Waals surface area (Å²) in [6.45, 7) is 4.00. The number of hydrogen-bond acceptors (Lipinski definition) is 6. The van der Waals surface area contributed by atoms with Crippen LogP contribution in [0.5, 0.6) is 0 Å². The molecule has 182 valence electrons. The van der Waals surface area contributed by atoms with Crippen LogP contribution in [0.1, 0.15) is 51.5 Å². The van der Waals surface area contributed by atoms with Crippen LogP contribution >= 0.6 is 11.3 Å². The van der Waals surface area contributed by atoms with Crippen molar-refractivity contribution in [2.75, 3.05) is 18.9 Å². The molecule has 3 N–H and O–H groups in total. The number of amides is 1. The number of carbonyl (C=O) groups is 1. The molecule has 7 nitrogen and oxygen atoms in total. The van der Waals surface area contributed by atoms with Gasteiger partial charge in [-0.2, -0.15) is 16.4 Å². The van der Waals surface area contributed by atoms with E-state index in [0.29, 0.717) is 29.5 Å². The van der Waals surface area contributed by atoms with Gasteiger partial charge in [-0.3, -0.25) is 9.48 Å². The number of nitrogens with one attached hydrogen (secondary N) is 1. The second-order valence-electron chi connectivity index (χ2n) is 8.80. The lowest BCUT2D eigenvalue weighted by Crippen LogP contribution is -2.22. The fourth-order valence-electron chi connectivity index (χ4n) is 4.08.